The Bertz CT molecular complexity index is 459. The summed E-state index contributed by atoms with van der Waals surface area (Å²) in [7, 11) is 0. The van der Waals surface area contributed by atoms with E-state index in [1.807, 2.05) is 6.92 Å². The number of amides is 2. The van der Waals surface area contributed by atoms with Crippen LogP contribution in [0.25, 0.3) is 0 Å². The second kappa shape index (κ2) is 7.42. The molecular weight excluding hydrogens is 302 g/mol. The largest absolute Gasteiger partial charge is 0.353 e. The zero-order valence-corrected chi connectivity index (χ0v) is 15.5. The van der Waals surface area contributed by atoms with E-state index >= 15 is 0 Å². The summed E-state index contributed by atoms with van der Waals surface area (Å²) < 4.78 is 0. The van der Waals surface area contributed by atoms with E-state index in [-0.39, 0.29) is 23.8 Å². The molecule has 0 aromatic heterocycles. The summed E-state index contributed by atoms with van der Waals surface area (Å²) in [5, 5.41) is 3.12. The number of piperidine rings is 2. The van der Waals surface area contributed by atoms with Crippen molar-refractivity contribution in [3.63, 3.8) is 0 Å². The Morgan fingerprint density at radius 3 is 2.08 bits per heavy atom. The van der Waals surface area contributed by atoms with E-state index in [1.165, 1.54) is 6.42 Å². The van der Waals surface area contributed by atoms with E-state index in [9.17, 15) is 9.59 Å². The van der Waals surface area contributed by atoms with Gasteiger partial charge in [-0.1, -0.05) is 0 Å². The van der Waals surface area contributed by atoms with Gasteiger partial charge in [0.05, 0.1) is 6.04 Å². The van der Waals surface area contributed by atoms with E-state index in [0.29, 0.717) is 18.1 Å². The summed E-state index contributed by atoms with van der Waals surface area (Å²) in [4.78, 5) is 29.6. The van der Waals surface area contributed by atoms with Crippen molar-refractivity contribution in [2.75, 3.05) is 13.1 Å². The molecule has 0 unspecified atom stereocenters. The van der Waals surface area contributed by atoms with E-state index in [4.69, 9.17) is 0 Å². The molecule has 3 rings (SSSR count). The SMILES string of the molecule is C[C@H](C(=O)N1[C@H](C)CCC[C@@H]1C)N1CCC(C(=O)NC2CC2)CC1. The first-order valence-electron chi connectivity index (χ1n) is 9.84. The Labute approximate surface area is 146 Å². The van der Waals surface area contributed by atoms with Crippen LogP contribution >= 0.6 is 0 Å². The minimum atomic E-state index is -0.0690. The zero-order chi connectivity index (χ0) is 17.3. The monoisotopic (exact) mass is 335 g/mol. The summed E-state index contributed by atoms with van der Waals surface area (Å²) in [6.07, 6.45) is 7.49. The highest BCUT2D eigenvalue weighted by molar-refractivity contribution is 5.82. The van der Waals surface area contributed by atoms with Crippen molar-refractivity contribution in [3.05, 3.63) is 0 Å². The van der Waals surface area contributed by atoms with Crippen LogP contribution in [0.2, 0.25) is 0 Å². The second-order valence-electron chi connectivity index (χ2n) is 8.14. The van der Waals surface area contributed by atoms with Gasteiger partial charge < -0.3 is 10.2 Å². The Morgan fingerprint density at radius 1 is 0.958 bits per heavy atom. The fourth-order valence-electron chi connectivity index (χ4n) is 4.32. The molecule has 2 aliphatic heterocycles. The average molecular weight is 335 g/mol. The van der Waals surface area contributed by atoms with Gasteiger partial charge in [-0.2, -0.15) is 0 Å². The van der Waals surface area contributed by atoms with Crippen molar-refractivity contribution in [3.8, 4) is 0 Å². The molecule has 2 saturated heterocycles. The molecule has 5 nitrogen and oxygen atoms in total. The minimum absolute atomic E-state index is 0.0690. The van der Waals surface area contributed by atoms with Gasteiger partial charge in [-0.15, -0.1) is 0 Å². The molecule has 0 aromatic carbocycles. The van der Waals surface area contributed by atoms with E-state index < -0.39 is 0 Å². The molecule has 0 radical (unpaired) electrons. The molecule has 1 aliphatic carbocycles. The highest BCUT2D eigenvalue weighted by Crippen LogP contribution is 2.26. The number of hydrogen-bond donors (Lipinski definition) is 1. The lowest BCUT2D eigenvalue weighted by molar-refractivity contribution is -0.143. The van der Waals surface area contributed by atoms with Crippen LogP contribution in [0.1, 0.15) is 65.7 Å². The first-order valence-corrected chi connectivity index (χ1v) is 9.84. The van der Waals surface area contributed by atoms with Gasteiger partial charge in [0.25, 0.3) is 0 Å². The number of carbonyl (C=O) groups excluding carboxylic acids is 2. The Morgan fingerprint density at radius 2 is 1.54 bits per heavy atom. The average Bonchev–Trinajstić information content (AvgIpc) is 3.38. The predicted molar refractivity (Wildman–Crippen MR) is 94.5 cm³/mol. The maximum absolute atomic E-state index is 13.0. The number of nitrogens with zero attached hydrogens (tertiary/aromatic N) is 2. The van der Waals surface area contributed by atoms with Gasteiger partial charge in [0, 0.05) is 24.0 Å². The van der Waals surface area contributed by atoms with Gasteiger partial charge in [0.2, 0.25) is 11.8 Å². The van der Waals surface area contributed by atoms with Crippen molar-refractivity contribution in [2.45, 2.75) is 89.9 Å². The van der Waals surface area contributed by atoms with Crippen LogP contribution < -0.4 is 5.32 Å². The summed E-state index contributed by atoms with van der Waals surface area (Å²) in [6, 6.07) is 1.08. The maximum Gasteiger partial charge on any atom is 0.240 e. The summed E-state index contributed by atoms with van der Waals surface area (Å²) in [5.74, 6) is 0.641. The Kier molecular flexibility index (Phi) is 5.48. The molecule has 0 aromatic rings. The second-order valence-corrected chi connectivity index (χ2v) is 8.14. The number of rotatable bonds is 4. The zero-order valence-electron chi connectivity index (χ0n) is 15.5. The lowest BCUT2D eigenvalue weighted by atomic mass is 9.93. The highest BCUT2D eigenvalue weighted by atomic mass is 16.2. The summed E-state index contributed by atoms with van der Waals surface area (Å²) >= 11 is 0. The van der Waals surface area contributed by atoms with Gasteiger partial charge in [-0.25, -0.2) is 0 Å². The van der Waals surface area contributed by atoms with Crippen LogP contribution in [0.5, 0.6) is 0 Å². The van der Waals surface area contributed by atoms with Crippen LogP contribution in [0.3, 0.4) is 0 Å². The predicted octanol–water partition coefficient (Wildman–Crippen LogP) is 2.16. The molecule has 0 spiro atoms. The Hall–Kier alpha value is -1.10. The van der Waals surface area contributed by atoms with E-state index in [0.717, 1.165) is 51.6 Å². The van der Waals surface area contributed by atoms with Crippen LogP contribution in [-0.2, 0) is 9.59 Å². The van der Waals surface area contributed by atoms with Crippen LogP contribution in [0.4, 0.5) is 0 Å². The third-order valence-corrected chi connectivity index (χ3v) is 6.18. The summed E-state index contributed by atoms with van der Waals surface area (Å²) in [6.45, 7) is 8.10. The lowest BCUT2D eigenvalue weighted by Gasteiger charge is -2.43. The van der Waals surface area contributed by atoms with Crippen molar-refractivity contribution in [2.24, 2.45) is 5.92 Å². The third kappa shape index (κ3) is 3.93. The number of carbonyl (C=O) groups is 2. The lowest BCUT2D eigenvalue weighted by Crippen LogP contribution is -2.56. The quantitative estimate of drug-likeness (QED) is 0.856. The number of nitrogens with one attached hydrogen (secondary N) is 1. The first kappa shape index (κ1) is 17.7. The fraction of sp³-hybridized carbons (Fsp3) is 0.895. The molecule has 3 atom stereocenters. The van der Waals surface area contributed by atoms with Gasteiger partial charge >= 0.3 is 0 Å². The van der Waals surface area contributed by atoms with Crippen molar-refractivity contribution in [1.82, 2.24) is 15.1 Å². The number of likely N-dealkylation sites (tertiary alicyclic amines) is 2. The topological polar surface area (TPSA) is 52.7 Å². The van der Waals surface area contributed by atoms with Crippen LogP contribution in [-0.4, -0.2) is 58.9 Å². The van der Waals surface area contributed by atoms with Gasteiger partial charge in [-0.05, 0) is 78.8 Å². The molecule has 5 heteroatoms. The molecule has 24 heavy (non-hydrogen) atoms. The molecular formula is C19H33N3O2. The third-order valence-electron chi connectivity index (χ3n) is 6.18. The molecule has 136 valence electrons. The molecule has 2 amide bonds. The minimum Gasteiger partial charge on any atom is -0.353 e. The van der Waals surface area contributed by atoms with Crippen molar-refractivity contribution < 1.29 is 9.59 Å². The molecule has 3 aliphatic rings. The van der Waals surface area contributed by atoms with E-state index in [1.54, 1.807) is 0 Å². The Balaban J connectivity index is 1.51. The van der Waals surface area contributed by atoms with E-state index in [2.05, 4.69) is 29.0 Å². The molecule has 1 saturated carbocycles. The molecule has 1 N–H and O–H groups in total. The highest BCUT2D eigenvalue weighted by Gasteiger charge is 2.36. The summed E-state index contributed by atoms with van der Waals surface area (Å²) in [5.41, 5.74) is 0. The van der Waals surface area contributed by atoms with Gasteiger partial charge in [0.1, 0.15) is 0 Å². The smallest absolute Gasteiger partial charge is 0.240 e. The standard InChI is InChI=1S/C19H33N3O2/c1-13-5-4-6-14(2)22(13)19(24)15(3)21-11-9-16(10-12-21)18(23)20-17-7-8-17/h13-17H,4-12H2,1-3H3,(H,20,23)/t13-,14+,15-/m1/s1. The molecule has 3 fully saturated rings. The van der Waals surface area contributed by atoms with Gasteiger partial charge in [-0.3, -0.25) is 14.5 Å². The first-order chi connectivity index (χ1) is 11.5. The maximum atomic E-state index is 13.0. The van der Waals surface area contributed by atoms with Crippen LogP contribution in [0.15, 0.2) is 0 Å². The number of hydrogen-bond acceptors (Lipinski definition) is 3. The van der Waals surface area contributed by atoms with Crippen molar-refractivity contribution >= 4 is 11.8 Å². The normalized spacial score (nSPS) is 30.9. The molecule has 2 heterocycles. The fourth-order valence-corrected chi connectivity index (χ4v) is 4.32. The molecule has 0 bridgehead atoms. The van der Waals surface area contributed by atoms with Crippen molar-refractivity contribution in [1.29, 1.82) is 0 Å². The van der Waals surface area contributed by atoms with Gasteiger partial charge in [0.15, 0.2) is 0 Å². The van der Waals surface area contributed by atoms with Crippen LogP contribution in [0, 0.1) is 5.92 Å².